The molecule has 3 rings (SSSR count). The molecule has 12 heavy (non-hydrogen) atoms. The number of allylic oxidation sites excluding steroid dienone is 2. The van der Waals surface area contributed by atoms with Gasteiger partial charge in [0.05, 0.1) is 0 Å². The van der Waals surface area contributed by atoms with Crippen molar-refractivity contribution in [2.45, 2.75) is 34.1 Å². The lowest BCUT2D eigenvalue weighted by atomic mass is 9.60. The van der Waals surface area contributed by atoms with E-state index < -0.39 is 0 Å². The molecule has 2 saturated carbocycles. The van der Waals surface area contributed by atoms with Crippen molar-refractivity contribution in [3.63, 3.8) is 0 Å². The molecular formula is C12H18. The molecule has 0 aliphatic heterocycles. The predicted octanol–water partition coefficient (Wildman–Crippen LogP) is 3.24. The molecule has 0 aromatic carbocycles. The van der Waals surface area contributed by atoms with Crippen LogP contribution >= 0.6 is 0 Å². The largest absolute Gasteiger partial charge is 0.0879 e. The van der Waals surface area contributed by atoms with Crippen LogP contribution in [0.2, 0.25) is 0 Å². The van der Waals surface area contributed by atoms with Crippen molar-refractivity contribution in [1.82, 2.24) is 0 Å². The van der Waals surface area contributed by atoms with Gasteiger partial charge in [-0.2, -0.15) is 0 Å². The highest BCUT2D eigenvalue weighted by atomic mass is 14.9. The van der Waals surface area contributed by atoms with Crippen LogP contribution in [0.1, 0.15) is 34.1 Å². The lowest BCUT2D eigenvalue weighted by Crippen LogP contribution is -2.39. The Balaban J connectivity index is 2.09. The van der Waals surface area contributed by atoms with E-state index in [2.05, 4.69) is 39.8 Å². The van der Waals surface area contributed by atoms with Crippen molar-refractivity contribution in [3.05, 3.63) is 12.2 Å². The minimum atomic E-state index is 0.597. The van der Waals surface area contributed by atoms with Gasteiger partial charge < -0.3 is 0 Å². The molecule has 0 saturated heterocycles. The summed E-state index contributed by atoms with van der Waals surface area (Å²) in [5.41, 5.74) is 1.89. The molecule has 0 nitrogen and oxygen atoms in total. The monoisotopic (exact) mass is 162 g/mol. The van der Waals surface area contributed by atoms with Crippen LogP contribution in [0.4, 0.5) is 0 Å². The molecule has 2 fully saturated rings. The van der Waals surface area contributed by atoms with Gasteiger partial charge >= 0.3 is 0 Å². The number of hydrogen-bond acceptors (Lipinski definition) is 0. The Morgan fingerprint density at radius 1 is 1.08 bits per heavy atom. The second kappa shape index (κ2) is 1.42. The summed E-state index contributed by atoms with van der Waals surface area (Å²) in [6.45, 7) is 9.91. The standard InChI is InChI=1S/C12H18/c1-10(2)11(3)8-6-5-7-9(8)12(10,11)4/h5-6,8-9H,7H2,1-4H3/t8-,9+,11+,12-/m0/s1. The highest BCUT2D eigenvalue weighted by molar-refractivity contribution is 5.41. The Morgan fingerprint density at radius 3 is 2.33 bits per heavy atom. The molecule has 0 amide bonds. The van der Waals surface area contributed by atoms with Crippen LogP contribution in [0.3, 0.4) is 0 Å². The van der Waals surface area contributed by atoms with Gasteiger partial charge in [-0.3, -0.25) is 0 Å². The zero-order valence-electron chi connectivity index (χ0n) is 8.52. The molecule has 0 N–H and O–H groups in total. The van der Waals surface area contributed by atoms with E-state index in [0.717, 1.165) is 11.8 Å². The second-order valence-corrected chi connectivity index (χ2v) is 5.83. The van der Waals surface area contributed by atoms with E-state index in [0.29, 0.717) is 16.2 Å². The Labute approximate surface area is 75.0 Å². The van der Waals surface area contributed by atoms with Crippen molar-refractivity contribution >= 4 is 0 Å². The maximum absolute atomic E-state index is 2.50. The molecule has 0 radical (unpaired) electrons. The third-order valence-electron chi connectivity index (χ3n) is 6.19. The summed E-state index contributed by atoms with van der Waals surface area (Å²) in [5, 5.41) is 0. The number of fused-ring (bicyclic) bond motifs is 4. The highest BCUT2D eigenvalue weighted by Gasteiger charge is 2.89. The van der Waals surface area contributed by atoms with Crippen LogP contribution in [0, 0.1) is 28.1 Å². The minimum absolute atomic E-state index is 0.597. The van der Waals surface area contributed by atoms with Gasteiger partial charge in [0.15, 0.2) is 0 Å². The van der Waals surface area contributed by atoms with Gasteiger partial charge in [-0.15, -0.1) is 0 Å². The molecule has 0 heteroatoms. The third-order valence-corrected chi connectivity index (χ3v) is 6.19. The lowest BCUT2D eigenvalue weighted by Gasteiger charge is -2.44. The summed E-state index contributed by atoms with van der Waals surface area (Å²) in [4.78, 5) is 0. The SMILES string of the molecule is CC1(C)[C@]2(C)[C@@H]3CC=C[C@@H]3[C@]12C. The summed E-state index contributed by atoms with van der Waals surface area (Å²) >= 11 is 0. The van der Waals surface area contributed by atoms with Crippen molar-refractivity contribution in [3.8, 4) is 0 Å². The molecule has 0 aromatic heterocycles. The van der Waals surface area contributed by atoms with Crippen molar-refractivity contribution < 1.29 is 0 Å². The van der Waals surface area contributed by atoms with Gasteiger partial charge in [-0.25, -0.2) is 0 Å². The maximum Gasteiger partial charge on any atom is -0.0132 e. The first-order valence-corrected chi connectivity index (χ1v) is 5.14. The summed E-state index contributed by atoms with van der Waals surface area (Å²) < 4.78 is 0. The second-order valence-electron chi connectivity index (χ2n) is 5.83. The van der Waals surface area contributed by atoms with E-state index in [9.17, 15) is 0 Å². The molecule has 66 valence electrons. The molecule has 0 bridgehead atoms. The van der Waals surface area contributed by atoms with E-state index >= 15 is 0 Å². The summed E-state index contributed by atoms with van der Waals surface area (Å²) in [6, 6.07) is 0. The average Bonchev–Trinajstić information content (AvgIpc) is 2.49. The lowest BCUT2D eigenvalue weighted by molar-refractivity contribution is 0.0513. The number of hydrogen-bond donors (Lipinski definition) is 0. The zero-order valence-corrected chi connectivity index (χ0v) is 8.52. The smallest absolute Gasteiger partial charge is 0.0132 e. The molecular weight excluding hydrogens is 144 g/mol. The minimum Gasteiger partial charge on any atom is -0.0879 e. The summed E-state index contributed by atoms with van der Waals surface area (Å²) in [7, 11) is 0. The van der Waals surface area contributed by atoms with Crippen molar-refractivity contribution in [1.29, 1.82) is 0 Å². The molecule has 3 aliphatic rings. The summed E-state index contributed by atoms with van der Waals surface area (Å²) in [5.74, 6) is 1.90. The Bertz CT molecular complexity index is 286. The van der Waals surface area contributed by atoms with Gasteiger partial charge in [-0.05, 0) is 34.5 Å². The first-order valence-electron chi connectivity index (χ1n) is 5.14. The molecule has 4 atom stereocenters. The Kier molecular flexibility index (Phi) is 0.852. The van der Waals surface area contributed by atoms with Crippen LogP contribution in [-0.4, -0.2) is 0 Å². The first-order chi connectivity index (χ1) is 5.48. The first kappa shape index (κ1) is 7.17. The van der Waals surface area contributed by atoms with Crippen LogP contribution in [0.15, 0.2) is 12.2 Å². The van der Waals surface area contributed by atoms with Gasteiger partial charge in [-0.1, -0.05) is 39.8 Å². The molecule has 0 spiro atoms. The van der Waals surface area contributed by atoms with Gasteiger partial charge in [0, 0.05) is 0 Å². The van der Waals surface area contributed by atoms with Crippen LogP contribution in [0.25, 0.3) is 0 Å². The fraction of sp³-hybridized carbons (Fsp3) is 0.833. The van der Waals surface area contributed by atoms with Crippen molar-refractivity contribution in [2.24, 2.45) is 28.1 Å². The molecule has 0 aromatic rings. The van der Waals surface area contributed by atoms with Gasteiger partial charge in [0.2, 0.25) is 0 Å². The Morgan fingerprint density at radius 2 is 1.75 bits per heavy atom. The molecule has 0 heterocycles. The highest BCUT2D eigenvalue weighted by Crippen LogP contribution is 2.94. The van der Waals surface area contributed by atoms with E-state index in [1.807, 2.05) is 0 Å². The van der Waals surface area contributed by atoms with E-state index in [4.69, 9.17) is 0 Å². The zero-order chi connectivity index (χ0) is 8.78. The maximum atomic E-state index is 2.50. The van der Waals surface area contributed by atoms with Gasteiger partial charge in [0.25, 0.3) is 0 Å². The molecule has 3 aliphatic carbocycles. The fourth-order valence-corrected chi connectivity index (χ4v) is 4.78. The average molecular weight is 162 g/mol. The normalized spacial score (nSPS) is 63.7. The molecule has 0 unspecified atom stereocenters. The third kappa shape index (κ3) is 0.341. The number of rotatable bonds is 0. The fourth-order valence-electron chi connectivity index (χ4n) is 4.78. The quantitative estimate of drug-likeness (QED) is 0.480. The van der Waals surface area contributed by atoms with Crippen LogP contribution in [0.5, 0.6) is 0 Å². The predicted molar refractivity (Wildman–Crippen MR) is 50.7 cm³/mol. The van der Waals surface area contributed by atoms with E-state index in [1.54, 1.807) is 0 Å². The van der Waals surface area contributed by atoms with Crippen LogP contribution < -0.4 is 0 Å². The topological polar surface area (TPSA) is 0 Å². The van der Waals surface area contributed by atoms with Gasteiger partial charge in [0.1, 0.15) is 0 Å². The summed E-state index contributed by atoms with van der Waals surface area (Å²) in [6.07, 6.45) is 6.22. The Hall–Kier alpha value is -0.260. The van der Waals surface area contributed by atoms with Crippen molar-refractivity contribution in [2.75, 3.05) is 0 Å². The van der Waals surface area contributed by atoms with Crippen LogP contribution in [-0.2, 0) is 0 Å². The van der Waals surface area contributed by atoms with E-state index in [1.165, 1.54) is 6.42 Å². The van der Waals surface area contributed by atoms with E-state index in [-0.39, 0.29) is 0 Å².